The van der Waals surface area contributed by atoms with Gasteiger partial charge in [0.2, 0.25) is 11.8 Å². The third kappa shape index (κ3) is 11.8. The zero-order chi connectivity index (χ0) is 32.8. The summed E-state index contributed by atoms with van der Waals surface area (Å²) in [7, 11) is 0. The summed E-state index contributed by atoms with van der Waals surface area (Å²) in [5.41, 5.74) is 0. The second kappa shape index (κ2) is 19.6. The number of Topliss-reactive ketones (excluding diaryl/α,β-unsaturated/α-hetero) is 1. The molecule has 17 nitrogen and oxygen atoms in total. The highest BCUT2D eigenvalue weighted by Crippen LogP contribution is 2.23. The van der Waals surface area contributed by atoms with E-state index in [4.69, 9.17) is 18.9 Å². The Morgan fingerprint density at radius 2 is 1.23 bits per heavy atom. The van der Waals surface area contributed by atoms with Crippen LogP contribution >= 0.6 is 0 Å². The van der Waals surface area contributed by atoms with Crippen LogP contribution in [0.5, 0.6) is 0 Å². The quantitative estimate of drug-likeness (QED) is 0.0596. The number of ketones is 1. The lowest BCUT2D eigenvalue weighted by Gasteiger charge is -2.39. The molecule has 0 spiro atoms. The van der Waals surface area contributed by atoms with Gasteiger partial charge in [-0.2, -0.15) is 0 Å². The van der Waals surface area contributed by atoms with Gasteiger partial charge in [0.1, 0.15) is 48.8 Å². The number of hydrogen-bond donors (Lipinski definition) is 10. The van der Waals surface area contributed by atoms with Crippen LogP contribution in [0.4, 0.5) is 0 Å². The first-order chi connectivity index (χ1) is 20.9. The lowest BCUT2D eigenvalue weighted by atomic mass is 9.99. The van der Waals surface area contributed by atoms with E-state index < -0.39 is 80.7 Å². The van der Waals surface area contributed by atoms with Gasteiger partial charge in [0.25, 0.3) is 0 Å². The van der Waals surface area contributed by atoms with Crippen molar-refractivity contribution in [3.8, 4) is 0 Å². The zero-order valence-corrected chi connectivity index (χ0v) is 24.8. The number of unbranched alkanes of at least 4 members (excludes halogenated alkanes) is 2. The first-order valence-electron chi connectivity index (χ1n) is 14.8. The van der Waals surface area contributed by atoms with Crippen molar-refractivity contribution >= 4 is 17.6 Å². The van der Waals surface area contributed by atoms with Gasteiger partial charge in [-0.1, -0.05) is 0 Å². The van der Waals surface area contributed by atoms with Crippen molar-refractivity contribution in [2.45, 2.75) is 119 Å². The maximum absolute atomic E-state index is 12.3. The molecule has 256 valence electrons. The summed E-state index contributed by atoms with van der Waals surface area (Å²) >= 11 is 0. The minimum absolute atomic E-state index is 0.0747. The van der Waals surface area contributed by atoms with Gasteiger partial charge in [-0.15, -0.1) is 0 Å². The van der Waals surface area contributed by atoms with Crippen molar-refractivity contribution in [2.24, 2.45) is 0 Å². The molecule has 0 radical (unpaired) electrons. The molecule has 0 saturated carbocycles. The summed E-state index contributed by atoms with van der Waals surface area (Å²) in [5.74, 6) is -0.883. The minimum atomic E-state index is -1.57. The highest BCUT2D eigenvalue weighted by atomic mass is 16.7. The molecule has 0 bridgehead atoms. The van der Waals surface area contributed by atoms with Crippen LogP contribution in [-0.4, -0.2) is 159 Å². The smallest absolute Gasteiger partial charge is 0.222 e. The minimum Gasteiger partial charge on any atom is -0.394 e. The summed E-state index contributed by atoms with van der Waals surface area (Å²) in [5, 5.41) is 82.8. The van der Waals surface area contributed by atoms with Crippen LogP contribution in [0.25, 0.3) is 0 Å². The molecule has 0 aliphatic carbocycles. The predicted octanol–water partition coefficient (Wildman–Crippen LogP) is -4.46. The summed E-state index contributed by atoms with van der Waals surface area (Å²) in [6, 6.07) is -0.685. The van der Waals surface area contributed by atoms with Crippen LogP contribution in [0.15, 0.2) is 0 Å². The lowest BCUT2D eigenvalue weighted by Crippen LogP contribution is -2.59. The number of carbonyl (C=O) groups excluding carboxylic acids is 3. The normalized spacial score (nSPS) is 33.0. The fourth-order valence-electron chi connectivity index (χ4n) is 4.70. The Morgan fingerprint density at radius 3 is 1.75 bits per heavy atom. The summed E-state index contributed by atoms with van der Waals surface area (Å²) in [4.78, 5) is 36.4. The second-order valence-electron chi connectivity index (χ2n) is 10.9. The number of aliphatic hydroxyl groups excluding tert-OH is 8. The highest BCUT2D eigenvalue weighted by molar-refractivity contribution is 5.87. The zero-order valence-electron chi connectivity index (χ0n) is 24.8. The Balaban J connectivity index is 1.56. The van der Waals surface area contributed by atoms with E-state index in [2.05, 4.69) is 10.6 Å². The van der Waals surface area contributed by atoms with Crippen molar-refractivity contribution in [3.05, 3.63) is 0 Å². The van der Waals surface area contributed by atoms with E-state index >= 15 is 0 Å². The average molecular weight is 641 g/mol. The molecule has 2 rings (SSSR count). The van der Waals surface area contributed by atoms with Gasteiger partial charge in [-0.25, -0.2) is 0 Å². The van der Waals surface area contributed by atoms with Crippen molar-refractivity contribution in [1.29, 1.82) is 0 Å². The number of aliphatic hydroxyl groups is 8. The van der Waals surface area contributed by atoms with Crippen LogP contribution < -0.4 is 10.6 Å². The van der Waals surface area contributed by atoms with Crippen LogP contribution in [0, 0.1) is 0 Å². The van der Waals surface area contributed by atoms with Crippen molar-refractivity contribution < 1.29 is 74.2 Å². The molecule has 0 aromatic rings. The van der Waals surface area contributed by atoms with E-state index in [0.717, 1.165) is 0 Å². The van der Waals surface area contributed by atoms with Gasteiger partial charge in [0.05, 0.1) is 32.3 Å². The number of carbonyl (C=O) groups is 3. The molecule has 10 N–H and O–H groups in total. The first kappa shape index (κ1) is 38.3. The van der Waals surface area contributed by atoms with Gasteiger partial charge in [0, 0.05) is 19.6 Å². The van der Waals surface area contributed by atoms with E-state index in [0.29, 0.717) is 38.6 Å². The molecule has 0 aromatic heterocycles. The predicted molar refractivity (Wildman–Crippen MR) is 147 cm³/mol. The lowest BCUT2D eigenvalue weighted by molar-refractivity contribution is -0.301. The molecular formula is C27H48N2O15. The maximum Gasteiger partial charge on any atom is 0.222 e. The van der Waals surface area contributed by atoms with Crippen LogP contribution in [0.1, 0.15) is 51.9 Å². The molecule has 11 atom stereocenters. The van der Waals surface area contributed by atoms with Crippen molar-refractivity contribution in [1.82, 2.24) is 10.6 Å². The summed E-state index contributed by atoms with van der Waals surface area (Å²) in [6.07, 6.45) is -11.6. The van der Waals surface area contributed by atoms with Crippen molar-refractivity contribution in [3.63, 3.8) is 0 Å². The third-order valence-electron chi connectivity index (χ3n) is 7.46. The van der Waals surface area contributed by atoms with Gasteiger partial charge in [-0.05, 0) is 39.0 Å². The average Bonchev–Trinajstić information content (AvgIpc) is 2.99. The van der Waals surface area contributed by atoms with Crippen LogP contribution in [0.3, 0.4) is 0 Å². The Bertz CT molecular complexity index is 878. The van der Waals surface area contributed by atoms with Gasteiger partial charge < -0.3 is 70.4 Å². The molecule has 2 aliphatic heterocycles. The molecule has 2 fully saturated rings. The molecule has 11 unspecified atom stereocenters. The molecular weight excluding hydrogens is 592 g/mol. The number of ether oxygens (including phenoxy) is 4. The fraction of sp³-hybridized carbons (Fsp3) is 0.889. The van der Waals surface area contributed by atoms with E-state index in [1.54, 1.807) is 0 Å². The Morgan fingerprint density at radius 1 is 0.682 bits per heavy atom. The SMILES string of the molecule is CC(=O)C(CCCCNC(=O)CCOC1OC(CO)C(O)C(O)C1O)NC(=O)CCCCOC1OC(CO)C(O)C(O)C1O. The molecule has 0 aromatic carbocycles. The first-order valence-corrected chi connectivity index (χ1v) is 14.8. The monoisotopic (exact) mass is 640 g/mol. The van der Waals surface area contributed by atoms with Crippen LogP contribution in [-0.2, 0) is 33.3 Å². The molecule has 2 amide bonds. The third-order valence-corrected chi connectivity index (χ3v) is 7.46. The Kier molecular flexibility index (Phi) is 17.1. The largest absolute Gasteiger partial charge is 0.394 e. The molecule has 2 heterocycles. The number of hydrogen-bond acceptors (Lipinski definition) is 15. The molecule has 44 heavy (non-hydrogen) atoms. The van der Waals surface area contributed by atoms with Crippen molar-refractivity contribution in [2.75, 3.05) is 33.0 Å². The Labute approximate surface area is 255 Å². The Hall–Kier alpha value is -1.87. The van der Waals surface area contributed by atoms with E-state index in [9.17, 15) is 55.2 Å². The van der Waals surface area contributed by atoms with Gasteiger partial charge >= 0.3 is 0 Å². The topological polar surface area (TPSA) is 274 Å². The molecule has 17 heteroatoms. The van der Waals surface area contributed by atoms with Crippen LogP contribution in [0.2, 0.25) is 0 Å². The number of rotatable bonds is 19. The van der Waals surface area contributed by atoms with Gasteiger partial charge in [-0.3, -0.25) is 14.4 Å². The fourth-order valence-corrected chi connectivity index (χ4v) is 4.70. The highest BCUT2D eigenvalue weighted by Gasteiger charge is 2.45. The number of nitrogens with one attached hydrogen (secondary N) is 2. The maximum atomic E-state index is 12.3. The summed E-state index contributed by atoms with van der Waals surface area (Å²) in [6.45, 7) is 0.461. The standard InChI is InChI=1S/C27H48N2O15/c1-14(32)15(29-19(34)7-3-5-10-41-26-24(39)22(37)20(35)16(12-30)43-26)6-2-4-9-28-18(33)8-11-42-27-25(40)23(38)21(36)17(13-31)44-27/h15-17,20-27,30-31,35-40H,2-13H2,1H3,(H,28,33)(H,29,34). The summed E-state index contributed by atoms with van der Waals surface area (Å²) < 4.78 is 21.1. The molecule has 2 aliphatic rings. The number of amides is 2. The molecule has 2 saturated heterocycles. The van der Waals surface area contributed by atoms with E-state index in [-0.39, 0.29) is 43.7 Å². The second-order valence-corrected chi connectivity index (χ2v) is 10.9. The van der Waals surface area contributed by atoms with Gasteiger partial charge in [0.15, 0.2) is 18.4 Å². The van der Waals surface area contributed by atoms with E-state index in [1.807, 2.05) is 0 Å². The van der Waals surface area contributed by atoms with E-state index in [1.165, 1.54) is 6.92 Å².